The second kappa shape index (κ2) is 5.11. The minimum absolute atomic E-state index is 0.0902. The fourth-order valence-electron chi connectivity index (χ4n) is 1.38. The van der Waals surface area contributed by atoms with Crippen LogP contribution in [0.15, 0.2) is 45.8 Å². The first-order valence-electron chi connectivity index (χ1n) is 5.41. The molecule has 7 nitrogen and oxygen atoms in total. The summed E-state index contributed by atoms with van der Waals surface area (Å²) in [7, 11) is -3.81. The first kappa shape index (κ1) is 13.1. The fraction of sp³-hybridized carbons (Fsp3) is 0.0909. The van der Waals surface area contributed by atoms with Crippen molar-refractivity contribution in [1.82, 2.24) is 10.2 Å². The Hall–Kier alpha value is -2.35. The molecule has 4 N–H and O–H groups in total. The molecule has 0 aliphatic carbocycles. The van der Waals surface area contributed by atoms with E-state index < -0.39 is 10.0 Å². The Morgan fingerprint density at radius 1 is 1.32 bits per heavy atom. The number of rotatable bonds is 3. The number of benzene rings is 1. The Kier molecular flexibility index (Phi) is 3.52. The molecule has 0 saturated carbocycles. The lowest BCUT2D eigenvalue weighted by Gasteiger charge is -2.03. The molecule has 0 atom stereocenters. The molecule has 0 unspecified atom stereocenters. The lowest BCUT2D eigenvalue weighted by atomic mass is 10.2. The monoisotopic (exact) mass is 279 g/mol. The molecule has 0 aliphatic rings. The predicted octanol–water partition coefficient (Wildman–Crippen LogP) is 0.834. The summed E-state index contributed by atoms with van der Waals surface area (Å²) in [6.45, 7) is 1.87. The Labute approximate surface area is 110 Å². The number of hydrogen-bond acceptors (Lipinski definition) is 3. The van der Waals surface area contributed by atoms with Gasteiger partial charge < -0.3 is 11.1 Å². The van der Waals surface area contributed by atoms with Crippen molar-refractivity contribution in [3.8, 4) is 0 Å². The number of guanidine groups is 1. The normalized spacial score (nSPS) is 12.4. The minimum atomic E-state index is -3.81. The van der Waals surface area contributed by atoms with Gasteiger partial charge in [-0.25, -0.2) is 0 Å². The molecule has 2 aromatic rings. The summed E-state index contributed by atoms with van der Waals surface area (Å²) in [6, 6.07) is 7.96. The van der Waals surface area contributed by atoms with Crippen molar-refractivity contribution in [3.05, 3.63) is 42.1 Å². The molecule has 100 valence electrons. The van der Waals surface area contributed by atoms with Gasteiger partial charge in [0.05, 0.1) is 11.1 Å². The van der Waals surface area contributed by atoms with Crippen molar-refractivity contribution in [1.29, 1.82) is 0 Å². The van der Waals surface area contributed by atoms with Gasteiger partial charge in [-0.3, -0.25) is 5.10 Å². The average Bonchev–Trinajstić information content (AvgIpc) is 2.81. The highest BCUT2D eigenvalue weighted by molar-refractivity contribution is 7.90. The van der Waals surface area contributed by atoms with E-state index in [9.17, 15) is 8.42 Å². The average molecular weight is 279 g/mol. The molecular formula is C11H13N5O2S. The van der Waals surface area contributed by atoms with Gasteiger partial charge >= 0.3 is 0 Å². The second-order valence-electron chi connectivity index (χ2n) is 3.86. The smallest absolute Gasteiger partial charge is 0.285 e. The molecule has 0 bridgehead atoms. The molecule has 8 heteroatoms. The summed E-state index contributed by atoms with van der Waals surface area (Å²) in [5, 5.41) is 8.87. The maximum atomic E-state index is 11.9. The number of aryl methyl sites for hydroxylation is 1. The topological polar surface area (TPSA) is 113 Å². The van der Waals surface area contributed by atoms with E-state index >= 15 is 0 Å². The summed E-state index contributed by atoms with van der Waals surface area (Å²) in [6.07, 6.45) is 1.50. The molecule has 2 rings (SSSR count). The maximum Gasteiger partial charge on any atom is 0.285 e. The van der Waals surface area contributed by atoms with E-state index in [1.807, 2.05) is 6.92 Å². The highest BCUT2D eigenvalue weighted by Gasteiger charge is 2.13. The number of sulfonamides is 1. The van der Waals surface area contributed by atoms with Crippen LogP contribution in [0, 0.1) is 6.92 Å². The number of nitrogens with one attached hydrogen (secondary N) is 2. The van der Waals surface area contributed by atoms with Crippen LogP contribution in [0.5, 0.6) is 0 Å². The number of nitrogens with two attached hydrogens (primary N) is 1. The summed E-state index contributed by atoms with van der Waals surface area (Å²) in [5.74, 6) is 0.227. The zero-order chi connectivity index (χ0) is 13.9. The van der Waals surface area contributed by atoms with Crippen LogP contribution in [0.2, 0.25) is 0 Å². The molecule has 1 heterocycles. The van der Waals surface area contributed by atoms with E-state index in [2.05, 4.69) is 19.9 Å². The largest absolute Gasteiger partial charge is 0.369 e. The van der Waals surface area contributed by atoms with Crippen molar-refractivity contribution in [2.75, 3.05) is 5.32 Å². The van der Waals surface area contributed by atoms with E-state index in [1.165, 1.54) is 18.3 Å². The molecular weight excluding hydrogens is 266 g/mol. The van der Waals surface area contributed by atoms with Gasteiger partial charge in [-0.2, -0.15) is 13.5 Å². The molecule has 1 aromatic carbocycles. The summed E-state index contributed by atoms with van der Waals surface area (Å²) in [5.41, 5.74) is 6.49. The molecule has 0 radical (unpaired) electrons. The SMILES string of the molecule is Cc1ccc(S(=O)(=O)/N=C(\N)Nc2ccn[nH]2)cc1. The van der Waals surface area contributed by atoms with Crippen LogP contribution in [0.25, 0.3) is 0 Å². The number of nitrogens with zero attached hydrogens (tertiary/aromatic N) is 2. The van der Waals surface area contributed by atoms with E-state index in [-0.39, 0.29) is 10.9 Å². The van der Waals surface area contributed by atoms with Gasteiger partial charge in [-0.05, 0) is 19.1 Å². The van der Waals surface area contributed by atoms with E-state index in [1.54, 1.807) is 18.2 Å². The molecule has 0 spiro atoms. The van der Waals surface area contributed by atoms with Crippen LogP contribution in [-0.2, 0) is 10.0 Å². The Morgan fingerprint density at radius 2 is 2.00 bits per heavy atom. The van der Waals surface area contributed by atoms with Crippen LogP contribution in [-0.4, -0.2) is 24.6 Å². The summed E-state index contributed by atoms with van der Waals surface area (Å²) < 4.78 is 27.4. The summed E-state index contributed by atoms with van der Waals surface area (Å²) in [4.78, 5) is 0.0902. The van der Waals surface area contributed by atoms with Crippen molar-refractivity contribution in [3.63, 3.8) is 0 Å². The van der Waals surface area contributed by atoms with E-state index in [0.29, 0.717) is 5.82 Å². The van der Waals surface area contributed by atoms with Crippen molar-refractivity contribution in [2.24, 2.45) is 10.1 Å². The van der Waals surface area contributed by atoms with Crippen LogP contribution < -0.4 is 11.1 Å². The number of aromatic amines is 1. The zero-order valence-corrected chi connectivity index (χ0v) is 11.0. The zero-order valence-electron chi connectivity index (χ0n) is 10.2. The van der Waals surface area contributed by atoms with Gasteiger partial charge in [0.2, 0.25) is 5.96 Å². The molecule has 0 saturated heterocycles. The first-order chi connectivity index (χ1) is 8.97. The van der Waals surface area contributed by atoms with Gasteiger partial charge in [0, 0.05) is 6.07 Å². The van der Waals surface area contributed by atoms with Crippen molar-refractivity contribution < 1.29 is 8.42 Å². The molecule has 1 aromatic heterocycles. The predicted molar refractivity (Wildman–Crippen MR) is 72.2 cm³/mol. The molecule has 0 fully saturated rings. The highest BCUT2D eigenvalue weighted by atomic mass is 32.2. The quantitative estimate of drug-likeness (QED) is 0.569. The van der Waals surface area contributed by atoms with Crippen molar-refractivity contribution in [2.45, 2.75) is 11.8 Å². The summed E-state index contributed by atoms with van der Waals surface area (Å²) >= 11 is 0. The van der Waals surface area contributed by atoms with E-state index in [4.69, 9.17) is 5.73 Å². The number of anilines is 1. The molecule has 0 aliphatic heterocycles. The van der Waals surface area contributed by atoms with Gasteiger partial charge in [-0.15, -0.1) is 4.40 Å². The molecule has 0 amide bonds. The Balaban J connectivity index is 2.22. The number of hydrogen-bond donors (Lipinski definition) is 3. The minimum Gasteiger partial charge on any atom is -0.369 e. The Bertz CT molecular complexity index is 674. The third kappa shape index (κ3) is 3.32. The highest BCUT2D eigenvalue weighted by Crippen LogP contribution is 2.13. The second-order valence-corrected chi connectivity index (χ2v) is 5.46. The number of aromatic nitrogens is 2. The van der Waals surface area contributed by atoms with Crippen LogP contribution in [0.3, 0.4) is 0 Å². The van der Waals surface area contributed by atoms with Crippen molar-refractivity contribution >= 4 is 21.8 Å². The molecule has 19 heavy (non-hydrogen) atoms. The number of H-pyrrole nitrogens is 1. The van der Waals surface area contributed by atoms with Gasteiger partial charge in [0.15, 0.2) is 0 Å². The third-order valence-electron chi connectivity index (χ3n) is 2.30. The fourth-order valence-corrected chi connectivity index (χ4v) is 2.27. The van der Waals surface area contributed by atoms with Crippen LogP contribution in [0.1, 0.15) is 5.56 Å². The van der Waals surface area contributed by atoms with Gasteiger partial charge in [-0.1, -0.05) is 17.7 Å². The van der Waals surface area contributed by atoms with Gasteiger partial charge in [0.1, 0.15) is 5.82 Å². The third-order valence-corrected chi connectivity index (χ3v) is 3.61. The Morgan fingerprint density at radius 3 is 2.58 bits per heavy atom. The van der Waals surface area contributed by atoms with Crippen LogP contribution in [0.4, 0.5) is 5.82 Å². The van der Waals surface area contributed by atoms with Crippen LogP contribution >= 0.6 is 0 Å². The first-order valence-corrected chi connectivity index (χ1v) is 6.85. The van der Waals surface area contributed by atoms with Gasteiger partial charge in [0.25, 0.3) is 10.0 Å². The standard InChI is InChI=1S/C11H13N5O2S/c1-8-2-4-9(5-3-8)19(17,18)16-11(12)14-10-6-7-13-15-10/h2-7H,1H3,(H4,12,13,14,15,16). The maximum absolute atomic E-state index is 11.9. The lowest BCUT2D eigenvalue weighted by molar-refractivity contribution is 0.598. The lowest BCUT2D eigenvalue weighted by Crippen LogP contribution is -2.24. The van der Waals surface area contributed by atoms with E-state index in [0.717, 1.165) is 5.56 Å².